The summed E-state index contributed by atoms with van der Waals surface area (Å²) in [4.78, 5) is 13.8. The zero-order valence-electron chi connectivity index (χ0n) is 11.1. The fourth-order valence-electron chi connectivity index (χ4n) is 1.78. The normalized spacial score (nSPS) is 10.2. The maximum atomic E-state index is 12.3. The zero-order chi connectivity index (χ0) is 14.4. The summed E-state index contributed by atoms with van der Waals surface area (Å²) < 4.78 is 0. The summed E-state index contributed by atoms with van der Waals surface area (Å²) >= 11 is 0. The molecule has 0 fully saturated rings. The first-order chi connectivity index (χ1) is 8.97. The summed E-state index contributed by atoms with van der Waals surface area (Å²) in [6, 6.07) is 6.27. The summed E-state index contributed by atoms with van der Waals surface area (Å²) in [6.45, 7) is 4.74. The smallest absolute Gasteiger partial charge is 0.257 e. The lowest BCUT2D eigenvalue weighted by Crippen LogP contribution is -2.35. The number of para-hydroxylation sites is 1. The van der Waals surface area contributed by atoms with E-state index in [-0.39, 0.29) is 29.6 Å². The molecule has 0 radical (unpaired) electrons. The first kappa shape index (κ1) is 14.8. The quantitative estimate of drug-likeness (QED) is 0.796. The SMILES string of the molecule is CC(C)CN(CCC#N)C(=O)c1cccc(O)c1O. The molecule has 0 aliphatic heterocycles. The summed E-state index contributed by atoms with van der Waals surface area (Å²) in [5.74, 6) is -0.867. The molecular weight excluding hydrogens is 244 g/mol. The van der Waals surface area contributed by atoms with E-state index in [2.05, 4.69) is 0 Å². The van der Waals surface area contributed by atoms with Crippen LogP contribution in [0.1, 0.15) is 30.6 Å². The third kappa shape index (κ3) is 3.88. The fourth-order valence-corrected chi connectivity index (χ4v) is 1.78. The number of carbonyl (C=O) groups is 1. The number of hydrogen-bond acceptors (Lipinski definition) is 4. The highest BCUT2D eigenvalue weighted by molar-refractivity contribution is 5.97. The highest BCUT2D eigenvalue weighted by Crippen LogP contribution is 2.29. The molecule has 5 heteroatoms. The molecule has 0 heterocycles. The van der Waals surface area contributed by atoms with E-state index in [1.165, 1.54) is 23.1 Å². The Balaban J connectivity index is 2.98. The van der Waals surface area contributed by atoms with Gasteiger partial charge in [-0.1, -0.05) is 19.9 Å². The van der Waals surface area contributed by atoms with Gasteiger partial charge in [0.2, 0.25) is 0 Å². The Labute approximate surface area is 112 Å². The van der Waals surface area contributed by atoms with Crippen LogP contribution >= 0.6 is 0 Å². The molecule has 2 N–H and O–H groups in total. The average Bonchev–Trinajstić information content (AvgIpc) is 2.36. The largest absolute Gasteiger partial charge is 0.504 e. The summed E-state index contributed by atoms with van der Waals surface area (Å²) in [5, 5.41) is 27.8. The molecule has 1 aromatic rings. The fraction of sp³-hybridized carbons (Fsp3) is 0.429. The number of phenolic OH excluding ortho intramolecular Hbond substituents is 2. The van der Waals surface area contributed by atoms with E-state index in [4.69, 9.17) is 5.26 Å². The number of rotatable bonds is 5. The molecule has 1 aromatic carbocycles. The highest BCUT2D eigenvalue weighted by Gasteiger charge is 2.20. The van der Waals surface area contributed by atoms with Gasteiger partial charge in [-0.15, -0.1) is 0 Å². The standard InChI is InChI=1S/C14H18N2O3/c1-10(2)9-16(8-4-7-15)14(19)11-5-3-6-12(17)13(11)18/h3,5-6,10,17-18H,4,8-9H2,1-2H3. The van der Waals surface area contributed by atoms with E-state index in [1.807, 2.05) is 19.9 Å². The van der Waals surface area contributed by atoms with Gasteiger partial charge in [0.1, 0.15) is 0 Å². The number of amides is 1. The molecule has 0 bridgehead atoms. The number of benzene rings is 1. The van der Waals surface area contributed by atoms with Gasteiger partial charge >= 0.3 is 0 Å². The Morgan fingerprint density at radius 1 is 1.42 bits per heavy atom. The maximum Gasteiger partial charge on any atom is 0.257 e. The molecule has 0 atom stereocenters. The topological polar surface area (TPSA) is 84.6 Å². The molecule has 1 amide bonds. The number of phenols is 2. The molecule has 0 saturated heterocycles. The third-order valence-electron chi connectivity index (χ3n) is 2.61. The number of nitriles is 1. The van der Waals surface area contributed by atoms with Crippen molar-refractivity contribution in [3.63, 3.8) is 0 Å². The van der Waals surface area contributed by atoms with Crippen LogP contribution in [-0.2, 0) is 0 Å². The van der Waals surface area contributed by atoms with Crippen molar-refractivity contribution >= 4 is 5.91 Å². The highest BCUT2D eigenvalue weighted by atomic mass is 16.3. The van der Waals surface area contributed by atoms with Crippen LogP contribution < -0.4 is 0 Å². The number of nitrogens with zero attached hydrogens (tertiary/aromatic N) is 2. The van der Waals surface area contributed by atoms with Crippen molar-refractivity contribution in [2.45, 2.75) is 20.3 Å². The van der Waals surface area contributed by atoms with Crippen LogP contribution in [0.5, 0.6) is 11.5 Å². The monoisotopic (exact) mass is 262 g/mol. The van der Waals surface area contributed by atoms with Gasteiger partial charge < -0.3 is 15.1 Å². The first-order valence-electron chi connectivity index (χ1n) is 6.14. The Kier molecular flexibility index (Phi) is 5.19. The van der Waals surface area contributed by atoms with E-state index in [0.29, 0.717) is 13.1 Å². The van der Waals surface area contributed by atoms with Crippen LogP contribution in [-0.4, -0.2) is 34.1 Å². The van der Waals surface area contributed by atoms with Crippen molar-refractivity contribution in [2.75, 3.05) is 13.1 Å². The minimum Gasteiger partial charge on any atom is -0.504 e. The van der Waals surface area contributed by atoms with Gasteiger partial charge in [0, 0.05) is 13.1 Å². The number of hydrogen-bond donors (Lipinski definition) is 2. The molecule has 0 aliphatic rings. The van der Waals surface area contributed by atoms with E-state index < -0.39 is 5.75 Å². The lowest BCUT2D eigenvalue weighted by Gasteiger charge is -2.24. The van der Waals surface area contributed by atoms with Gasteiger partial charge in [0.15, 0.2) is 11.5 Å². The van der Waals surface area contributed by atoms with Crippen LogP contribution in [0.3, 0.4) is 0 Å². The van der Waals surface area contributed by atoms with Gasteiger partial charge in [0.25, 0.3) is 5.91 Å². The van der Waals surface area contributed by atoms with Crippen LogP contribution in [0.25, 0.3) is 0 Å². The molecule has 5 nitrogen and oxygen atoms in total. The van der Waals surface area contributed by atoms with E-state index in [0.717, 1.165) is 0 Å². The molecule has 0 saturated carbocycles. The Morgan fingerprint density at radius 2 is 2.11 bits per heavy atom. The lowest BCUT2D eigenvalue weighted by atomic mass is 10.1. The minimum atomic E-state index is -0.418. The van der Waals surface area contributed by atoms with Crippen molar-refractivity contribution in [2.24, 2.45) is 5.92 Å². The molecule has 102 valence electrons. The maximum absolute atomic E-state index is 12.3. The van der Waals surface area contributed by atoms with Crippen molar-refractivity contribution in [1.29, 1.82) is 5.26 Å². The second kappa shape index (κ2) is 6.64. The third-order valence-corrected chi connectivity index (χ3v) is 2.61. The summed E-state index contributed by atoms with van der Waals surface area (Å²) in [7, 11) is 0. The molecule has 1 rings (SSSR count). The predicted octanol–water partition coefficient (Wildman–Crippen LogP) is 2.11. The molecule has 0 aliphatic carbocycles. The first-order valence-corrected chi connectivity index (χ1v) is 6.14. The molecule has 19 heavy (non-hydrogen) atoms. The van der Waals surface area contributed by atoms with Gasteiger partial charge in [-0.25, -0.2) is 0 Å². The van der Waals surface area contributed by atoms with Gasteiger partial charge in [-0.3, -0.25) is 4.79 Å². The summed E-state index contributed by atoms with van der Waals surface area (Å²) in [5.41, 5.74) is 0.0542. The van der Waals surface area contributed by atoms with E-state index >= 15 is 0 Å². The van der Waals surface area contributed by atoms with Crippen LogP contribution in [0, 0.1) is 17.2 Å². The lowest BCUT2D eigenvalue weighted by molar-refractivity contribution is 0.0736. The van der Waals surface area contributed by atoms with Crippen molar-refractivity contribution in [1.82, 2.24) is 4.90 Å². The molecule has 0 spiro atoms. The van der Waals surface area contributed by atoms with Crippen LogP contribution in [0.4, 0.5) is 0 Å². The molecular formula is C14H18N2O3. The number of carbonyl (C=O) groups excluding carboxylic acids is 1. The van der Waals surface area contributed by atoms with Gasteiger partial charge in [-0.05, 0) is 18.1 Å². The Morgan fingerprint density at radius 3 is 2.68 bits per heavy atom. The van der Waals surface area contributed by atoms with Crippen LogP contribution in [0.2, 0.25) is 0 Å². The zero-order valence-corrected chi connectivity index (χ0v) is 11.1. The Bertz CT molecular complexity index is 492. The van der Waals surface area contributed by atoms with E-state index in [9.17, 15) is 15.0 Å². The van der Waals surface area contributed by atoms with Crippen molar-refractivity contribution in [3.8, 4) is 17.6 Å². The second-order valence-electron chi connectivity index (χ2n) is 4.73. The van der Waals surface area contributed by atoms with Crippen LogP contribution in [0.15, 0.2) is 18.2 Å². The van der Waals surface area contributed by atoms with Crippen molar-refractivity contribution in [3.05, 3.63) is 23.8 Å². The van der Waals surface area contributed by atoms with Gasteiger partial charge in [-0.2, -0.15) is 5.26 Å². The van der Waals surface area contributed by atoms with Gasteiger partial charge in [0.05, 0.1) is 18.1 Å². The number of aromatic hydroxyl groups is 2. The second-order valence-corrected chi connectivity index (χ2v) is 4.73. The predicted molar refractivity (Wildman–Crippen MR) is 70.7 cm³/mol. The van der Waals surface area contributed by atoms with E-state index in [1.54, 1.807) is 0 Å². The molecule has 0 aromatic heterocycles. The Hall–Kier alpha value is -2.22. The summed E-state index contributed by atoms with van der Waals surface area (Å²) in [6.07, 6.45) is 0.234. The van der Waals surface area contributed by atoms with Crippen molar-refractivity contribution < 1.29 is 15.0 Å². The minimum absolute atomic E-state index is 0.0542. The molecule has 0 unspecified atom stereocenters. The average molecular weight is 262 g/mol.